The third kappa shape index (κ3) is 2.81. The van der Waals surface area contributed by atoms with Crippen LogP contribution in [0.2, 0.25) is 0 Å². The molecule has 1 aromatic carbocycles. The molecule has 2 heterocycles. The fraction of sp³-hybridized carbons (Fsp3) is 0.471. The minimum absolute atomic E-state index is 0.412. The van der Waals surface area contributed by atoms with E-state index in [1.54, 1.807) is 0 Å². The smallest absolute Gasteiger partial charge is 0.0608 e. The first kappa shape index (κ1) is 14.1. The van der Waals surface area contributed by atoms with Crippen LogP contribution in [0.4, 0.5) is 11.4 Å². The molecule has 2 aromatic rings. The summed E-state index contributed by atoms with van der Waals surface area (Å²) in [5, 5.41) is 2.25. The molecule has 1 saturated heterocycles. The van der Waals surface area contributed by atoms with Crippen molar-refractivity contribution in [3.63, 3.8) is 0 Å². The lowest BCUT2D eigenvalue weighted by Gasteiger charge is -2.34. The van der Waals surface area contributed by atoms with Gasteiger partial charge in [0, 0.05) is 53.7 Å². The number of hydrogen-bond acceptors (Lipinski definition) is 4. The van der Waals surface area contributed by atoms with Gasteiger partial charge in [-0.25, -0.2) is 0 Å². The second-order valence-electron chi connectivity index (χ2n) is 5.69. The number of aryl methyl sites for hydroxylation is 1. The number of anilines is 2. The third-order valence-corrected chi connectivity index (χ3v) is 4.23. The van der Waals surface area contributed by atoms with Crippen molar-refractivity contribution in [2.45, 2.75) is 32.8 Å². The molecule has 0 atom stereocenters. The Kier molecular flexibility index (Phi) is 3.97. The van der Waals surface area contributed by atoms with Crippen LogP contribution in [-0.2, 0) is 4.74 Å². The van der Waals surface area contributed by atoms with Crippen LogP contribution < -0.4 is 10.6 Å². The van der Waals surface area contributed by atoms with E-state index in [1.165, 1.54) is 11.1 Å². The maximum atomic E-state index is 6.09. The number of pyridine rings is 1. The molecule has 112 valence electrons. The second-order valence-corrected chi connectivity index (χ2v) is 5.69. The van der Waals surface area contributed by atoms with Gasteiger partial charge >= 0.3 is 0 Å². The lowest BCUT2D eigenvalue weighted by molar-refractivity contribution is 0.0459. The molecule has 2 N–H and O–H groups in total. The lowest BCUT2D eigenvalue weighted by Crippen LogP contribution is -2.37. The van der Waals surface area contributed by atoms with E-state index in [0.717, 1.165) is 49.3 Å². The van der Waals surface area contributed by atoms with Gasteiger partial charge < -0.3 is 15.4 Å². The van der Waals surface area contributed by atoms with Crippen LogP contribution in [0.5, 0.6) is 0 Å². The van der Waals surface area contributed by atoms with Crippen molar-refractivity contribution < 1.29 is 4.74 Å². The molecule has 0 aliphatic carbocycles. The zero-order valence-corrected chi connectivity index (χ0v) is 12.8. The number of piperidine rings is 1. The lowest BCUT2D eigenvalue weighted by atomic mass is 10.0. The average Bonchev–Trinajstić information content (AvgIpc) is 2.49. The molecule has 21 heavy (non-hydrogen) atoms. The van der Waals surface area contributed by atoms with Gasteiger partial charge in [-0.15, -0.1) is 0 Å². The first-order valence-corrected chi connectivity index (χ1v) is 7.70. The fourth-order valence-corrected chi connectivity index (χ4v) is 3.12. The molecule has 4 nitrogen and oxygen atoms in total. The van der Waals surface area contributed by atoms with E-state index in [9.17, 15) is 0 Å². The highest BCUT2D eigenvalue weighted by Gasteiger charge is 2.21. The summed E-state index contributed by atoms with van der Waals surface area (Å²) >= 11 is 0. The molecule has 1 aliphatic rings. The van der Waals surface area contributed by atoms with Crippen molar-refractivity contribution in [3.8, 4) is 0 Å². The molecule has 1 fully saturated rings. The Balaban J connectivity index is 1.91. The molecule has 1 aromatic heterocycles. The average molecular weight is 285 g/mol. The van der Waals surface area contributed by atoms with Gasteiger partial charge in [-0.3, -0.25) is 4.98 Å². The van der Waals surface area contributed by atoms with Gasteiger partial charge in [-0.05, 0) is 44.9 Å². The molecule has 0 unspecified atom stereocenters. The molecular weight excluding hydrogens is 262 g/mol. The fourth-order valence-electron chi connectivity index (χ4n) is 3.12. The van der Waals surface area contributed by atoms with E-state index < -0.39 is 0 Å². The third-order valence-electron chi connectivity index (χ3n) is 4.23. The Hall–Kier alpha value is -1.81. The number of rotatable bonds is 3. The van der Waals surface area contributed by atoms with Crippen LogP contribution >= 0.6 is 0 Å². The Morgan fingerprint density at radius 2 is 2.05 bits per heavy atom. The molecule has 0 amide bonds. The van der Waals surface area contributed by atoms with Gasteiger partial charge in [0.05, 0.1) is 6.10 Å². The summed E-state index contributed by atoms with van der Waals surface area (Å²) in [6.45, 7) is 6.96. The van der Waals surface area contributed by atoms with Gasteiger partial charge in [-0.1, -0.05) is 0 Å². The van der Waals surface area contributed by atoms with Gasteiger partial charge in [0.2, 0.25) is 0 Å². The van der Waals surface area contributed by atoms with Crippen LogP contribution in [0.3, 0.4) is 0 Å². The second kappa shape index (κ2) is 5.90. The minimum Gasteiger partial charge on any atom is -0.398 e. The van der Waals surface area contributed by atoms with E-state index in [4.69, 9.17) is 10.5 Å². The standard InChI is InChI=1S/C17H23N3O/c1-3-21-13-6-8-20(9-7-13)17-5-4-16(18)15-11-19-12(2)10-14(15)17/h4-5,10-11,13H,3,6-9,18H2,1-2H3. The van der Waals surface area contributed by atoms with Crippen molar-refractivity contribution in [2.75, 3.05) is 30.3 Å². The van der Waals surface area contributed by atoms with Crippen LogP contribution in [-0.4, -0.2) is 30.8 Å². The number of ether oxygens (including phenoxy) is 1. The number of benzene rings is 1. The monoisotopic (exact) mass is 285 g/mol. The first-order chi connectivity index (χ1) is 10.2. The molecule has 0 saturated carbocycles. The number of hydrogen-bond donors (Lipinski definition) is 1. The van der Waals surface area contributed by atoms with E-state index in [1.807, 2.05) is 19.2 Å². The zero-order chi connectivity index (χ0) is 14.8. The number of nitrogen functional groups attached to an aromatic ring is 1. The molecule has 0 spiro atoms. The van der Waals surface area contributed by atoms with E-state index >= 15 is 0 Å². The topological polar surface area (TPSA) is 51.4 Å². The maximum absolute atomic E-state index is 6.09. The van der Waals surface area contributed by atoms with Gasteiger partial charge in [0.15, 0.2) is 0 Å². The highest BCUT2D eigenvalue weighted by molar-refractivity contribution is 6.01. The summed E-state index contributed by atoms with van der Waals surface area (Å²) in [7, 11) is 0. The summed E-state index contributed by atoms with van der Waals surface area (Å²) < 4.78 is 5.74. The SMILES string of the molecule is CCOC1CCN(c2ccc(N)c3cnc(C)cc23)CC1. The normalized spacial score (nSPS) is 16.6. The molecule has 3 rings (SSSR count). The Morgan fingerprint density at radius 3 is 2.76 bits per heavy atom. The molecular formula is C17H23N3O. The molecule has 0 bridgehead atoms. The highest BCUT2D eigenvalue weighted by atomic mass is 16.5. The first-order valence-electron chi connectivity index (χ1n) is 7.70. The van der Waals surface area contributed by atoms with Crippen molar-refractivity contribution in [2.24, 2.45) is 0 Å². The largest absolute Gasteiger partial charge is 0.398 e. The molecule has 4 heteroatoms. The van der Waals surface area contributed by atoms with Gasteiger partial charge in [0.1, 0.15) is 0 Å². The van der Waals surface area contributed by atoms with Crippen molar-refractivity contribution in [1.82, 2.24) is 4.98 Å². The Morgan fingerprint density at radius 1 is 1.29 bits per heavy atom. The van der Waals surface area contributed by atoms with Crippen LogP contribution in [0.15, 0.2) is 24.4 Å². The summed E-state index contributed by atoms with van der Waals surface area (Å²) in [6.07, 6.45) is 4.47. The summed E-state index contributed by atoms with van der Waals surface area (Å²) in [4.78, 5) is 6.81. The zero-order valence-electron chi connectivity index (χ0n) is 12.8. The van der Waals surface area contributed by atoms with Crippen molar-refractivity contribution in [3.05, 3.63) is 30.1 Å². The van der Waals surface area contributed by atoms with Crippen molar-refractivity contribution in [1.29, 1.82) is 0 Å². The molecule has 0 radical (unpaired) electrons. The van der Waals surface area contributed by atoms with Crippen LogP contribution in [0.25, 0.3) is 10.8 Å². The predicted octanol–water partition coefficient (Wildman–Crippen LogP) is 3.13. The number of nitrogens with two attached hydrogens (primary N) is 1. The summed E-state index contributed by atoms with van der Waals surface area (Å²) in [5.41, 5.74) is 9.17. The van der Waals surface area contributed by atoms with Crippen molar-refractivity contribution >= 4 is 22.1 Å². The molecule has 1 aliphatic heterocycles. The number of aromatic nitrogens is 1. The number of fused-ring (bicyclic) bond motifs is 1. The Labute approximate surface area is 125 Å². The highest BCUT2D eigenvalue weighted by Crippen LogP contribution is 2.32. The Bertz CT molecular complexity index is 633. The maximum Gasteiger partial charge on any atom is 0.0608 e. The van der Waals surface area contributed by atoms with E-state index in [-0.39, 0.29) is 0 Å². The van der Waals surface area contributed by atoms with Gasteiger partial charge in [-0.2, -0.15) is 0 Å². The van der Waals surface area contributed by atoms with Gasteiger partial charge in [0.25, 0.3) is 0 Å². The van der Waals surface area contributed by atoms with Crippen LogP contribution in [0.1, 0.15) is 25.5 Å². The van der Waals surface area contributed by atoms with E-state index in [0.29, 0.717) is 6.10 Å². The number of nitrogens with zero attached hydrogens (tertiary/aromatic N) is 2. The summed E-state index contributed by atoms with van der Waals surface area (Å²) in [5.74, 6) is 0. The quantitative estimate of drug-likeness (QED) is 0.880. The summed E-state index contributed by atoms with van der Waals surface area (Å²) in [6, 6.07) is 6.26. The minimum atomic E-state index is 0.412. The predicted molar refractivity (Wildman–Crippen MR) is 87.8 cm³/mol. The van der Waals surface area contributed by atoms with E-state index in [2.05, 4.69) is 28.9 Å². The van der Waals surface area contributed by atoms with Crippen LogP contribution in [0, 0.1) is 6.92 Å².